The van der Waals surface area contributed by atoms with Crippen molar-refractivity contribution in [3.05, 3.63) is 53.3 Å². The molecule has 2 aromatic heterocycles. The van der Waals surface area contributed by atoms with Crippen molar-refractivity contribution in [2.24, 2.45) is 0 Å². The number of aromatic hydroxyl groups is 1. The van der Waals surface area contributed by atoms with Gasteiger partial charge in [0.1, 0.15) is 11.3 Å². The molecule has 0 radical (unpaired) electrons. The maximum Gasteiger partial charge on any atom is 0.341 e. The van der Waals surface area contributed by atoms with Crippen LogP contribution in [0.5, 0.6) is 5.75 Å². The van der Waals surface area contributed by atoms with Gasteiger partial charge in [-0.25, -0.2) is 14.8 Å². The Kier molecular flexibility index (Phi) is 4.08. The van der Waals surface area contributed by atoms with Gasteiger partial charge < -0.3 is 20.1 Å². The van der Waals surface area contributed by atoms with Crippen LogP contribution in [-0.2, 0) is 11.2 Å². The number of hydrogen-bond donors (Lipinski definition) is 3. The monoisotopic (exact) mass is 364 g/mol. The average Bonchev–Trinajstić information content (AvgIpc) is 3.14. The van der Waals surface area contributed by atoms with Gasteiger partial charge in [0.25, 0.3) is 5.91 Å². The highest BCUT2D eigenvalue weighted by molar-refractivity contribution is 5.97. The molecular formula is C19H16N4O4. The van der Waals surface area contributed by atoms with E-state index in [4.69, 9.17) is 0 Å². The van der Waals surface area contributed by atoms with E-state index in [1.165, 1.54) is 19.2 Å². The molecule has 3 aromatic rings. The van der Waals surface area contributed by atoms with Crippen LogP contribution in [0.2, 0.25) is 0 Å². The number of aromatic nitrogens is 3. The van der Waals surface area contributed by atoms with E-state index in [0.717, 1.165) is 12.1 Å². The van der Waals surface area contributed by atoms with Gasteiger partial charge in [0, 0.05) is 30.4 Å². The second-order valence-electron chi connectivity index (χ2n) is 6.07. The first-order valence-electron chi connectivity index (χ1n) is 8.32. The molecule has 0 unspecified atom stereocenters. The molecule has 0 bridgehead atoms. The van der Waals surface area contributed by atoms with Crippen LogP contribution in [0.1, 0.15) is 26.4 Å². The third-order valence-electron chi connectivity index (χ3n) is 4.40. The molecule has 1 amide bonds. The van der Waals surface area contributed by atoms with Crippen molar-refractivity contribution < 1.29 is 19.4 Å². The summed E-state index contributed by atoms with van der Waals surface area (Å²) in [4.78, 5) is 35.8. The molecule has 4 rings (SSSR count). The third kappa shape index (κ3) is 3.01. The summed E-state index contributed by atoms with van der Waals surface area (Å²) < 4.78 is 4.68. The molecule has 0 saturated heterocycles. The standard InChI is InChI=1S/C19H16N4O4/c1-27-19(26)12-8-10(2-3-16(12)24)17-20-6-5-14(23-17)15-9-11-13(22-15)4-7-21-18(11)25/h2-3,5-6,8-9,22,24H,4,7H2,1H3,(H,21,25). The number of hydrogen-bond acceptors (Lipinski definition) is 6. The fourth-order valence-corrected chi connectivity index (χ4v) is 3.03. The highest BCUT2D eigenvalue weighted by Gasteiger charge is 2.21. The maximum atomic E-state index is 11.9. The first kappa shape index (κ1) is 16.8. The van der Waals surface area contributed by atoms with Crippen molar-refractivity contribution >= 4 is 11.9 Å². The van der Waals surface area contributed by atoms with Crippen LogP contribution in [-0.4, -0.2) is 45.6 Å². The van der Waals surface area contributed by atoms with Gasteiger partial charge in [-0.1, -0.05) is 0 Å². The number of carbonyl (C=O) groups is 2. The third-order valence-corrected chi connectivity index (χ3v) is 4.40. The zero-order valence-corrected chi connectivity index (χ0v) is 14.4. The van der Waals surface area contributed by atoms with Crippen molar-refractivity contribution in [2.75, 3.05) is 13.7 Å². The minimum atomic E-state index is -0.645. The molecule has 1 aliphatic heterocycles. The normalized spacial score (nSPS) is 13.0. The van der Waals surface area contributed by atoms with Gasteiger partial charge in [-0.3, -0.25) is 4.79 Å². The minimum absolute atomic E-state index is 0.0380. The van der Waals surface area contributed by atoms with Gasteiger partial charge in [0.05, 0.1) is 24.1 Å². The first-order valence-corrected chi connectivity index (χ1v) is 8.32. The van der Waals surface area contributed by atoms with Crippen LogP contribution < -0.4 is 5.32 Å². The summed E-state index contributed by atoms with van der Waals surface area (Å²) in [5, 5.41) is 12.7. The van der Waals surface area contributed by atoms with E-state index in [-0.39, 0.29) is 17.2 Å². The van der Waals surface area contributed by atoms with Crippen molar-refractivity contribution in [1.29, 1.82) is 0 Å². The molecule has 0 aliphatic carbocycles. The molecule has 0 atom stereocenters. The molecular weight excluding hydrogens is 348 g/mol. The lowest BCUT2D eigenvalue weighted by molar-refractivity contribution is 0.0597. The number of esters is 1. The smallest absolute Gasteiger partial charge is 0.341 e. The Labute approximate surface area is 154 Å². The summed E-state index contributed by atoms with van der Waals surface area (Å²) in [5.74, 6) is -0.540. The number of rotatable bonds is 3. The van der Waals surface area contributed by atoms with Crippen LogP contribution >= 0.6 is 0 Å². The minimum Gasteiger partial charge on any atom is -0.507 e. The summed E-state index contributed by atoms with van der Waals surface area (Å²) in [6.45, 7) is 0.602. The van der Waals surface area contributed by atoms with Crippen molar-refractivity contribution in [3.8, 4) is 28.5 Å². The molecule has 8 heteroatoms. The number of amides is 1. The highest BCUT2D eigenvalue weighted by atomic mass is 16.5. The van der Waals surface area contributed by atoms with E-state index in [9.17, 15) is 14.7 Å². The fourth-order valence-electron chi connectivity index (χ4n) is 3.03. The van der Waals surface area contributed by atoms with Crippen LogP contribution in [0.4, 0.5) is 0 Å². The first-order chi connectivity index (χ1) is 13.1. The number of nitrogens with zero attached hydrogens (tertiary/aromatic N) is 2. The quantitative estimate of drug-likeness (QED) is 0.611. The Bertz CT molecular complexity index is 1060. The summed E-state index contributed by atoms with van der Waals surface area (Å²) in [6.07, 6.45) is 2.34. The Hall–Kier alpha value is -3.68. The predicted octanol–water partition coefficient (Wildman–Crippen LogP) is 1.92. The largest absolute Gasteiger partial charge is 0.507 e. The number of nitrogens with one attached hydrogen (secondary N) is 2. The molecule has 1 aromatic carbocycles. The molecule has 0 saturated carbocycles. The second-order valence-corrected chi connectivity index (χ2v) is 6.07. The molecule has 0 fully saturated rings. The number of carbonyl (C=O) groups excluding carboxylic acids is 2. The molecule has 8 nitrogen and oxygen atoms in total. The zero-order chi connectivity index (χ0) is 19.0. The van der Waals surface area contributed by atoms with Gasteiger partial charge in [-0.15, -0.1) is 0 Å². The van der Waals surface area contributed by atoms with E-state index in [2.05, 4.69) is 25.0 Å². The molecule has 27 heavy (non-hydrogen) atoms. The van der Waals surface area contributed by atoms with Crippen molar-refractivity contribution in [2.45, 2.75) is 6.42 Å². The van der Waals surface area contributed by atoms with E-state index in [0.29, 0.717) is 34.9 Å². The van der Waals surface area contributed by atoms with Gasteiger partial charge in [0.15, 0.2) is 5.82 Å². The fraction of sp³-hybridized carbons (Fsp3) is 0.158. The lowest BCUT2D eigenvalue weighted by atomic mass is 10.1. The predicted molar refractivity (Wildman–Crippen MR) is 96.3 cm³/mol. The van der Waals surface area contributed by atoms with E-state index in [1.807, 2.05) is 0 Å². The van der Waals surface area contributed by atoms with Gasteiger partial charge in [-0.05, 0) is 30.3 Å². The Morgan fingerprint density at radius 3 is 2.89 bits per heavy atom. The summed E-state index contributed by atoms with van der Waals surface area (Å²) in [6, 6.07) is 8.00. The second kappa shape index (κ2) is 6.56. The molecule has 136 valence electrons. The summed E-state index contributed by atoms with van der Waals surface area (Å²) >= 11 is 0. The summed E-state index contributed by atoms with van der Waals surface area (Å²) in [5.41, 5.74) is 3.43. The lowest BCUT2D eigenvalue weighted by Gasteiger charge is -2.10. The Morgan fingerprint density at radius 1 is 1.26 bits per heavy atom. The van der Waals surface area contributed by atoms with Crippen LogP contribution in [0, 0.1) is 0 Å². The number of fused-ring (bicyclic) bond motifs is 1. The van der Waals surface area contributed by atoms with Crippen molar-refractivity contribution in [3.63, 3.8) is 0 Å². The van der Waals surface area contributed by atoms with Gasteiger partial charge in [-0.2, -0.15) is 0 Å². The van der Waals surface area contributed by atoms with Crippen LogP contribution in [0.15, 0.2) is 36.5 Å². The molecule has 3 N–H and O–H groups in total. The van der Waals surface area contributed by atoms with Gasteiger partial charge in [0.2, 0.25) is 0 Å². The van der Waals surface area contributed by atoms with Crippen LogP contribution in [0.3, 0.4) is 0 Å². The number of methoxy groups -OCH3 is 1. The Morgan fingerprint density at radius 2 is 2.11 bits per heavy atom. The van der Waals surface area contributed by atoms with E-state index in [1.54, 1.807) is 24.4 Å². The van der Waals surface area contributed by atoms with Crippen molar-refractivity contribution in [1.82, 2.24) is 20.3 Å². The number of benzene rings is 1. The number of phenols is 1. The van der Waals surface area contributed by atoms with E-state index < -0.39 is 5.97 Å². The van der Waals surface area contributed by atoms with Gasteiger partial charge >= 0.3 is 5.97 Å². The average molecular weight is 364 g/mol. The topological polar surface area (TPSA) is 117 Å². The maximum absolute atomic E-state index is 11.9. The number of H-pyrrole nitrogens is 1. The lowest BCUT2D eigenvalue weighted by Crippen LogP contribution is -2.31. The molecule has 0 spiro atoms. The highest BCUT2D eigenvalue weighted by Crippen LogP contribution is 2.27. The molecule has 1 aliphatic rings. The number of ether oxygens (including phenoxy) is 1. The SMILES string of the molecule is COC(=O)c1cc(-c2nccc(-c3cc4c([nH]3)CCNC4=O)n2)ccc1O. The number of phenolic OH excluding ortho intramolecular Hbond substituents is 1. The zero-order valence-electron chi connectivity index (χ0n) is 14.4. The summed E-state index contributed by atoms with van der Waals surface area (Å²) in [7, 11) is 1.24. The van der Waals surface area contributed by atoms with Crippen LogP contribution in [0.25, 0.3) is 22.8 Å². The number of aromatic amines is 1. The molecule has 3 heterocycles. The Balaban J connectivity index is 1.74. The van der Waals surface area contributed by atoms with E-state index >= 15 is 0 Å².